The van der Waals surface area contributed by atoms with Crippen LogP contribution in [0.1, 0.15) is 111 Å². The van der Waals surface area contributed by atoms with Crippen LogP contribution < -0.4 is 10.6 Å². The number of carboxylic acids is 2. The van der Waals surface area contributed by atoms with Crippen LogP contribution in [0, 0.1) is 0 Å². The highest BCUT2D eigenvalue weighted by Crippen LogP contribution is 2.08. The highest BCUT2D eigenvalue weighted by Gasteiger charge is 2.04. The lowest BCUT2D eigenvalue weighted by molar-refractivity contribution is -0.138. The lowest BCUT2D eigenvalue weighted by Gasteiger charge is -2.06. The van der Waals surface area contributed by atoms with Crippen LogP contribution >= 0.6 is 0 Å². The van der Waals surface area contributed by atoms with Crippen LogP contribution in [-0.2, 0) is 9.59 Å². The summed E-state index contributed by atoms with van der Waals surface area (Å²) >= 11 is 0. The molecule has 2 amide bonds. The Kier molecular flexibility index (Phi) is 19.8. The molecule has 0 fully saturated rings. The van der Waals surface area contributed by atoms with E-state index in [-0.39, 0.29) is 24.7 Å². The second-order valence-electron chi connectivity index (χ2n) is 9.51. The lowest BCUT2D eigenvalue weighted by Crippen LogP contribution is -2.24. The Labute approximate surface area is 237 Å². The summed E-state index contributed by atoms with van der Waals surface area (Å²) in [4.78, 5) is 51.8. The molecular formula is C30H44N4O6. The third-order valence-corrected chi connectivity index (χ3v) is 6.09. The Bertz CT molecular complexity index is 893. The summed E-state index contributed by atoms with van der Waals surface area (Å²) in [5.41, 5.74) is 1.29. The molecule has 0 aromatic carbocycles. The average Bonchev–Trinajstić information content (AvgIpc) is 2.96. The highest BCUT2D eigenvalue weighted by molar-refractivity contribution is 5.94. The SMILES string of the molecule is O=C(NCCCCCCCCNC(=O)c1ccncc1)c1ccncc1.O=C(O)CCCCCCCCC(=O)O. The van der Waals surface area contributed by atoms with E-state index in [1.807, 2.05) is 0 Å². The first-order valence-electron chi connectivity index (χ1n) is 14.2. The van der Waals surface area contributed by atoms with Gasteiger partial charge in [-0.3, -0.25) is 29.1 Å². The third-order valence-electron chi connectivity index (χ3n) is 6.09. The molecule has 0 aliphatic heterocycles. The number of nitrogens with one attached hydrogen (secondary N) is 2. The van der Waals surface area contributed by atoms with Crippen molar-refractivity contribution in [3.8, 4) is 0 Å². The fourth-order valence-corrected chi connectivity index (χ4v) is 3.83. The van der Waals surface area contributed by atoms with Gasteiger partial charge < -0.3 is 20.8 Å². The standard InChI is InChI=1S/C20H26N4O2.C10H18O4/c25-19(17-7-13-21-14-8-17)23-11-5-3-1-2-4-6-12-24-20(26)18-9-15-22-16-10-18;11-9(12)7-5-3-1-2-4-6-8-10(13)14/h7-10,13-16H,1-6,11-12H2,(H,23,25)(H,24,26);1-8H2,(H,11,12)(H,13,14). The molecular weight excluding hydrogens is 512 g/mol. The molecule has 0 spiro atoms. The summed E-state index contributed by atoms with van der Waals surface area (Å²) in [6, 6.07) is 6.84. The number of hydrogen-bond acceptors (Lipinski definition) is 6. The number of hydrogen-bond donors (Lipinski definition) is 4. The Balaban J connectivity index is 0.000000486. The van der Waals surface area contributed by atoms with Gasteiger partial charge in [-0.2, -0.15) is 0 Å². The number of carbonyl (C=O) groups excluding carboxylic acids is 2. The van der Waals surface area contributed by atoms with Gasteiger partial charge in [0.05, 0.1) is 0 Å². The normalized spacial score (nSPS) is 10.2. The highest BCUT2D eigenvalue weighted by atomic mass is 16.4. The van der Waals surface area contributed by atoms with E-state index >= 15 is 0 Å². The van der Waals surface area contributed by atoms with E-state index < -0.39 is 11.9 Å². The zero-order valence-electron chi connectivity index (χ0n) is 23.4. The number of nitrogens with zero attached hydrogens (tertiary/aromatic N) is 2. The van der Waals surface area contributed by atoms with Crippen molar-refractivity contribution in [2.45, 2.75) is 89.9 Å². The Morgan fingerprint density at radius 2 is 0.800 bits per heavy atom. The molecule has 0 bridgehead atoms. The molecule has 0 atom stereocenters. The van der Waals surface area contributed by atoms with Gasteiger partial charge in [-0.1, -0.05) is 51.4 Å². The summed E-state index contributed by atoms with van der Waals surface area (Å²) < 4.78 is 0. The Morgan fingerprint density at radius 1 is 0.500 bits per heavy atom. The maximum absolute atomic E-state index is 11.8. The topological polar surface area (TPSA) is 159 Å². The van der Waals surface area contributed by atoms with Crippen molar-refractivity contribution in [1.29, 1.82) is 0 Å². The lowest BCUT2D eigenvalue weighted by atomic mass is 10.1. The first-order chi connectivity index (χ1) is 19.4. The molecule has 0 radical (unpaired) electrons. The summed E-state index contributed by atoms with van der Waals surface area (Å²) in [6.45, 7) is 1.40. The van der Waals surface area contributed by atoms with Crippen LogP contribution in [0.2, 0.25) is 0 Å². The smallest absolute Gasteiger partial charge is 0.303 e. The van der Waals surface area contributed by atoms with Crippen LogP contribution in [0.25, 0.3) is 0 Å². The van der Waals surface area contributed by atoms with Gasteiger partial charge in [0, 0.05) is 61.8 Å². The Hall–Kier alpha value is -3.82. The molecule has 0 aliphatic carbocycles. The predicted molar refractivity (Wildman–Crippen MR) is 153 cm³/mol. The van der Waals surface area contributed by atoms with Crippen LogP contribution in [0.4, 0.5) is 0 Å². The van der Waals surface area contributed by atoms with E-state index in [9.17, 15) is 19.2 Å². The van der Waals surface area contributed by atoms with Crippen LogP contribution in [0.5, 0.6) is 0 Å². The van der Waals surface area contributed by atoms with Crippen LogP contribution in [0.3, 0.4) is 0 Å². The van der Waals surface area contributed by atoms with Crippen molar-refractivity contribution in [2.75, 3.05) is 13.1 Å². The van der Waals surface area contributed by atoms with Crippen molar-refractivity contribution < 1.29 is 29.4 Å². The van der Waals surface area contributed by atoms with Gasteiger partial charge in [0.15, 0.2) is 0 Å². The minimum absolute atomic E-state index is 0.0441. The molecule has 2 rings (SSSR count). The molecule has 220 valence electrons. The van der Waals surface area contributed by atoms with Gasteiger partial charge in [0.1, 0.15) is 0 Å². The molecule has 0 aliphatic rings. The molecule has 0 saturated heterocycles. The molecule has 10 heteroatoms. The second-order valence-corrected chi connectivity index (χ2v) is 9.51. The zero-order chi connectivity index (χ0) is 29.3. The molecule has 0 unspecified atom stereocenters. The van der Waals surface area contributed by atoms with Crippen molar-refractivity contribution in [3.63, 3.8) is 0 Å². The summed E-state index contributed by atoms with van der Waals surface area (Å²) in [5.74, 6) is -1.57. The number of carbonyl (C=O) groups is 4. The summed E-state index contributed by atoms with van der Waals surface area (Å²) in [5, 5.41) is 22.5. The van der Waals surface area contributed by atoms with Crippen LogP contribution in [0.15, 0.2) is 49.1 Å². The minimum atomic E-state index is -0.740. The maximum atomic E-state index is 11.8. The maximum Gasteiger partial charge on any atom is 0.303 e. The van der Waals surface area contributed by atoms with Gasteiger partial charge in [-0.25, -0.2) is 0 Å². The molecule has 10 nitrogen and oxygen atoms in total. The van der Waals surface area contributed by atoms with E-state index in [1.54, 1.807) is 49.1 Å². The first-order valence-corrected chi connectivity index (χ1v) is 14.2. The third kappa shape index (κ3) is 19.3. The molecule has 2 aromatic rings. The van der Waals surface area contributed by atoms with Crippen molar-refractivity contribution >= 4 is 23.8 Å². The molecule has 4 N–H and O–H groups in total. The number of unbranched alkanes of at least 4 members (excludes halogenated alkanes) is 10. The minimum Gasteiger partial charge on any atom is -0.481 e. The van der Waals surface area contributed by atoms with Crippen molar-refractivity contribution in [2.24, 2.45) is 0 Å². The second kappa shape index (κ2) is 23.1. The van der Waals surface area contributed by atoms with Gasteiger partial charge >= 0.3 is 11.9 Å². The van der Waals surface area contributed by atoms with Crippen LogP contribution in [-0.4, -0.2) is 57.0 Å². The Morgan fingerprint density at radius 3 is 1.12 bits per heavy atom. The number of aliphatic carboxylic acids is 2. The monoisotopic (exact) mass is 556 g/mol. The van der Waals surface area contributed by atoms with Gasteiger partial charge in [-0.15, -0.1) is 0 Å². The quantitative estimate of drug-likeness (QED) is 0.161. The number of amides is 2. The van der Waals surface area contributed by atoms with E-state index in [0.717, 1.165) is 77.0 Å². The summed E-state index contributed by atoms with van der Waals surface area (Å²) in [6.07, 6.45) is 18.7. The number of carboxylic acid groups (broad SMARTS) is 2. The predicted octanol–water partition coefficient (Wildman–Crippen LogP) is 5.25. The van der Waals surface area contributed by atoms with Gasteiger partial charge in [0.25, 0.3) is 11.8 Å². The number of rotatable bonds is 20. The number of pyridine rings is 2. The fourth-order valence-electron chi connectivity index (χ4n) is 3.83. The van der Waals surface area contributed by atoms with E-state index in [0.29, 0.717) is 24.2 Å². The molecule has 0 saturated carbocycles. The summed E-state index contributed by atoms with van der Waals surface area (Å²) in [7, 11) is 0. The van der Waals surface area contributed by atoms with E-state index in [4.69, 9.17) is 10.2 Å². The zero-order valence-corrected chi connectivity index (χ0v) is 23.4. The molecule has 40 heavy (non-hydrogen) atoms. The largest absolute Gasteiger partial charge is 0.481 e. The van der Waals surface area contributed by atoms with Crippen molar-refractivity contribution in [3.05, 3.63) is 60.2 Å². The van der Waals surface area contributed by atoms with Crippen molar-refractivity contribution in [1.82, 2.24) is 20.6 Å². The average molecular weight is 557 g/mol. The van der Waals surface area contributed by atoms with E-state index in [1.165, 1.54) is 0 Å². The molecule has 2 heterocycles. The van der Waals surface area contributed by atoms with Gasteiger partial charge in [-0.05, 0) is 49.9 Å². The van der Waals surface area contributed by atoms with E-state index in [2.05, 4.69) is 20.6 Å². The number of aromatic nitrogens is 2. The van der Waals surface area contributed by atoms with Gasteiger partial charge in [0.2, 0.25) is 0 Å². The first kappa shape index (κ1) is 34.2. The molecule has 2 aromatic heterocycles. The fraction of sp³-hybridized carbons (Fsp3) is 0.533.